The van der Waals surface area contributed by atoms with E-state index in [0.717, 1.165) is 14.8 Å². The van der Waals surface area contributed by atoms with Crippen LogP contribution in [0.25, 0.3) is 0 Å². The zero-order valence-electron chi connectivity index (χ0n) is 10.7. The van der Waals surface area contributed by atoms with Crippen molar-refractivity contribution in [3.63, 3.8) is 0 Å². The van der Waals surface area contributed by atoms with Crippen LogP contribution >= 0.6 is 22.9 Å². The molecule has 1 amide bonds. The number of carbonyl (C=O) groups is 1. The molecule has 0 fully saturated rings. The summed E-state index contributed by atoms with van der Waals surface area (Å²) in [5, 5.41) is 2.95. The Hall–Kier alpha value is -1.52. The lowest BCUT2D eigenvalue weighted by atomic mass is 10.1. The van der Waals surface area contributed by atoms with E-state index in [1.807, 2.05) is 32.0 Å². The van der Waals surface area contributed by atoms with Gasteiger partial charge in [0.15, 0.2) is 0 Å². The van der Waals surface area contributed by atoms with Crippen LogP contribution in [0.2, 0.25) is 4.34 Å². The van der Waals surface area contributed by atoms with Crippen molar-refractivity contribution in [3.8, 4) is 0 Å². The summed E-state index contributed by atoms with van der Waals surface area (Å²) < 4.78 is 0.719. The molecule has 0 aliphatic rings. The zero-order chi connectivity index (χ0) is 14.0. The van der Waals surface area contributed by atoms with Crippen molar-refractivity contribution in [1.82, 2.24) is 5.32 Å². The van der Waals surface area contributed by atoms with Gasteiger partial charge in [-0.15, -0.1) is 11.3 Å². The maximum absolute atomic E-state index is 12.2. The maximum Gasteiger partial charge on any atom is 0.252 e. The Morgan fingerprint density at radius 1 is 1.37 bits per heavy atom. The average molecular weight is 295 g/mol. The number of thiophene rings is 1. The highest BCUT2D eigenvalue weighted by Crippen LogP contribution is 2.27. The van der Waals surface area contributed by atoms with Crippen molar-refractivity contribution in [2.75, 3.05) is 5.73 Å². The Morgan fingerprint density at radius 3 is 2.74 bits per heavy atom. The monoisotopic (exact) mass is 294 g/mol. The number of halogens is 1. The van der Waals surface area contributed by atoms with Gasteiger partial charge in [0, 0.05) is 16.1 Å². The second-order valence-corrected chi connectivity index (χ2v) is 6.16. The van der Waals surface area contributed by atoms with E-state index in [1.165, 1.54) is 11.3 Å². The second-order valence-electron chi connectivity index (χ2n) is 4.41. The first-order chi connectivity index (χ1) is 8.97. The summed E-state index contributed by atoms with van der Waals surface area (Å²) >= 11 is 7.36. The van der Waals surface area contributed by atoms with Gasteiger partial charge in [-0.05, 0) is 43.7 Å². The lowest BCUT2D eigenvalue weighted by Crippen LogP contribution is -2.26. The molecule has 1 aromatic heterocycles. The number of aryl methyl sites for hydroxylation is 1. The third-order valence-electron chi connectivity index (χ3n) is 2.87. The molecular formula is C14H15ClN2OS. The minimum atomic E-state index is -0.123. The van der Waals surface area contributed by atoms with Crippen LogP contribution in [0.3, 0.4) is 0 Å². The van der Waals surface area contributed by atoms with E-state index in [2.05, 4.69) is 5.32 Å². The first-order valence-electron chi connectivity index (χ1n) is 5.89. The van der Waals surface area contributed by atoms with E-state index in [4.69, 9.17) is 17.3 Å². The summed E-state index contributed by atoms with van der Waals surface area (Å²) in [5.41, 5.74) is 7.81. The lowest BCUT2D eigenvalue weighted by Gasteiger charge is -2.13. The van der Waals surface area contributed by atoms with Crippen LogP contribution in [0.4, 0.5) is 5.69 Å². The molecule has 0 radical (unpaired) electrons. The first kappa shape index (κ1) is 13.9. The summed E-state index contributed by atoms with van der Waals surface area (Å²) in [6, 6.07) is 9.00. The third kappa shape index (κ3) is 3.28. The first-order valence-corrected chi connectivity index (χ1v) is 7.09. The summed E-state index contributed by atoms with van der Waals surface area (Å²) in [5.74, 6) is -0.123. The minimum absolute atomic E-state index is 0.0779. The van der Waals surface area contributed by atoms with Gasteiger partial charge in [0.05, 0.1) is 10.4 Å². The van der Waals surface area contributed by atoms with E-state index in [1.54, 1.807) is 12.1 Å². The molecule has 3 N–H and O–H groups in total. The Labute approximate surface area is 121 Å². The van der Waals surface area contributed by atoms with Crippen LogP contribution in [0.1, 0.15) is 33.8 Å². The van der Waals surface area contributed by atoms with Gasteiger partial charge in [-0.3, -0.25) is 4.79 Å². The molecule has 0 saturated carbocycles. The molecule has 2 rings (SSSR count). The standard InChI is InChI=1S/C14H15ClN2OS/c1-8-3-4-10(16)7-11(8)14(18)17-9(2)12-5-6-13(15)19-12/h3-7,9H,16H2,1-2H3,(H,17,18). The van der Waals surface area contributed by atoms with Crippen molar-refractivity contribution in [2.45, 2.75) is 19.9 Å². The van der Waals surface area contributed by atoms with Gasteiger partial charge in [-0.1, -0.05) is 17.7 Å². The molecule has 1 unspecified atom stereocenters. The van der Waals surface area contributed by atoms with E-state index < -0.39 is 0 Å². The topological polar surface area (TPSA) is 55.1 Å². The van der Waals surface area contributed by atoms with Gasteiger partial charge in [0.25, 0.3) is 5.91 Å². The summed E-state index contributed by atoms with van der Waals surface area (Å²) in [7, 11) is 0. The van der Waals surface area contributed by atoms with Crippen LogP contribution < -0.4 is 11.1 Å². The lowest BCUT2D eigenvalue weighted by molar-refractivity contribution is 0.0940. The normalized spacial score (nSPS) is 12.2. The summed E-state index contributed by atoms with van der Waals surface area (Å²) in [6.07, 6.45) is 0. The summed E-state index contributed by atoms with van der Waals surface area (Å²) in [6.45, 7) is 3.82. The van der Waals surface area contributed by atoms with Gasteiger partial charge in [0.2, 0.25) is 0 Å². The quantitative estimate of drug-likeness (QED) is 0.846. The molecule has 0 aliphatic carbocycles. The smallest absolute Gasteiger partial charge is 0.252 e. The van der Waals surface area contributed by atoms with E-state index >= 15 is 0 Å². The predicted octanol–water partition coefficient (Wildman–Crippen LogP) is 3.78. The highest BCUT2D eigenvalue weighted by Gasteiger charge is 2.14. The third-order valence-corrected chi connectivity index (χ3v) is 4.29. The number of carbonyl (C=O) groups excluding carboxylic acids is 1. The van der Waals surface area contributed by atoms with Crippen molar-refractivity contribution >= 4 is 34.5 Å². The van der Waals surface area contributed by atoms with Gasteiger partial charge in [-0.25, -0.2) is 0 Å². The van der Waals surface area contributed by atoms with Crippen molar-refractivity contribution in [2.24, 2.45) is 0 Å². The second kappa shape index (κ2) is 5.63. The number of hydrogen-bond acceptors (Lipinski definition) is 3. The van der Waals surface area contributed by atoms with Gasteiger partial charge in [-0.2, -0.15) is 0 Å². The SMILES string of the molecule is Cc1ccc(N)cc1C(=O)NC(C)c1ccc(Cl)s1. The molecular weight excluding hydrogens is 280 g/mol. The fraction of sp³-hybridized carbons (Fsp3) is 0.214. The molecule has 19 heavy (non-hydrogen) atoms. The largest absolute Gasteiger partial charge is 0.399 e. The fourth-order valence-corrected chi connectivity index (χ4v) is 2.85. The molecule has 1 atom stereocenters. The van der Waals surface area contributed by atoms with Gasteiger partial charge in [0.1, 0.15) is 0 Å². The Kier molecular flexibility index (Phi) is 4.12. The van der Waals surface area contributed by atoms with E-state index in [9.17, 15) is 4.79 Å². The minimum Gasteiger partial charge on any atom is -0.399 e. The Balaban J connectivity index is 2.15. The zero-order valence-corrected chi connectivity index (χ0v) is 12.3. The van der Waals surface area contributed by atoms with Crippen LogP contribution in [-0.4, -0.2) is 5.91 Å². The predicted molar refractivity (Wildman–Crippen MR) is 80.8 cm³/mol. The fourth-order valence-electron chi connectivity index (χ4n) is 1.79. The number of rotatable bonds is 3. The molecule has 100 valence electrons. The molecule has 0 aliphatic heterocycles. The highest BCUT2D eigenvalue weighted by atomic mass is 35.5. The molecule has 1 heterocycles. The molecule has 3 nitrogen and oxygen atoms in total. The molecule has 0 bridgehead atoms. The number of anilines is 1. The number of benzene rings is 1. The van der Waals surface area contributed by atoms with Gasteiger partial charge >= 0.3 is 0 Å². The van der Waals surface area contributed by atoms with Crippen molar-refractivity contribution < 1.29 is 4.79 Å². The van der Waals surface area contributed by atoms with E-state index in [0.29, 0.717) is 11.3 Å². The molecule has 0 spiro atoms. The van der Waals surface area contributed by atoms with E-state index in [-0.39, 0.29) is 11.9 Å². The van der Waals surface area contributed by atoms with Crippen LogP contribution in [0, 0.1) is 6.92 Å². The molecule has 0 saturated heterocycles. The molecule has 2 aromatic rings. The van der Waals surface area contributed by atoms with Crippen molar-refractivity contribution in [3.05, 3.63) is 50.7 Å². The maximum atomic E-state index is 12.2. The average Bonchev–Trinajstić information content (AvgIpc) is 2.79. The number of hydrogen-bond donors (Lipinski definition) is 2. The molecule has 1 aromatic carbocycles. The van der Waals surface area contributed by atoms with Crippen LogP contribution in [0.15, 0.2) is 30.3 Å². The Bertz CT molecular complexity index is 609. The number of nitrogens with one attached hydrogen (secondary N) is 1. The molecule has 5 heteroatoms. The van der Waals surface area contributed by atoms with Crippen molar-refractivity contribution in [1.29, 1.82) is 0 Å². The number of nitrogen functional groups attached to an aromatic ring is 1. The number of nitrogens with two attached hydrogens (primary N) is 1. The Morgan fingerprint density at radius 2 is 2.11 bits per heavy atom. The summed E-state index contributed by atoms with van der Waals surface area (Å²) in [4.78, 5) is 13.2. The van der Waals surface area contributed by atoms with Crippen LogP contribution in [-0.2, 0) is 0 Å². The van der Waals surface area contributed by atoms with Gasteiger partial charge < -0.3 is 11.1 Å². The number of amides is 1. The van der Waals surface area contributed by atoms with Crippen LogP contribution in [0.5, 0.6) is 0 Å². The highest BCUT2D eigenvalue weighted by molar-refractivity contribution is 7.16.